The summed E-state index contributed by atoms with van der Waals surface area (Å²) >= 11 is 0. The third kappa shape index (κ3) is 4.77. The molecule has 1 unspecified atom stereocenters. The molecule has 2 aromatic heterocycles. The Morgan fingerprint density at radius 1 is 1.25 bits per heavy atom. The van der Waals surface area contributed by atoms with Crippen LogP contribution in [0.4, 0.5) is 30.5 Å². The highest BCUT2D eigenvalue weighted by Crippen LogP contribution is 2.32. The van der Waals surface area contributed by atoms with Gasteiger partial charge in [-0.05, 0) is 12.1 Å². The first-order chi connectivity index (χ1) is 13.2. The Morgan fingerprint density at radius 3 is 2.71 bits per heavy atom. The minimum atomic E-state index is -4.77. The highest BCUT2D eigenvalue weighted by atomic mass is 19.4. The Morgan fingerprint density at radius 2 is 2.04 bits per heavy atom. The van der Waals surface area contributed by atoms with Gasteiger partial charge in [-0.3, -0.25) is 14.9 Å². The summed E-state index contributed by atoms with van der Waals surface area (Å²) in [6, 6.07) is 5.66. The number of nitrogens with two attached hydrogens (primary N) is 3. The smallest absolute Gasteiger partial charge is 0.393 e. The van der Waals surface area contributed by atoms with Crippen LogP contribution in [-0.2, 0) is 17.5 Å². The van der Waals surface area contributed by atoms with Crippen LogP contribution >= 0.6 is 0 Å². The molecule has 1 atom stereocenters. The molecule has 1 aliphatic heterocycles. The van der Waals surface area contributed by atoms with Crippen LogP contribution in [0.15, 0.2) is 24.4 Å². The summed E-state index contributed by atoms with van der Waals surface area (Å²) < 4.78 is 44.5. The number of hydrogen-bond acceptors (Lipinski definition) is 9. The van der Waals surface area contributed by atoms with Crippen LogP contribution < -0.4 is 22.3 Å². The van der Waals surface area contributed by atoms with E-state index >= 15 is 0 Å². The van der Waals surface area contributed by atoms with Gasteiger partial charge in [0.15, 0.2) is 11.6 Å². The van der Waals surface area contributed by atoms with E-state index in [2.05, 4.69) is 19.9 Å². The third-order valence-corrected chi connectivity index (χ3v) is 4.22. The van der Waals surface area contributed by atoms with Crippen molar-refractivity contribution in [1.82, 2.24) is 19.9 Å². The first kappa shape index (κ1) is 20.0. The molecular formula is C16H21F3N8O. The van der Waals surface area contributed by atoms with Crippen LogP contribution in [0.2, 0.25) is 0 Å². The topological polar surface area (TPSA) is 132 Å². The molecule has 1 fully saturated rings. The van der Waals surface area contributed by atoms with Gasteiger partial charge < -0.3 is 16.2 Å². The lowest BCUT2D eigenvalue weighted by Gasteiger charge is -2.34. The lowest BCUT2D eigenvalue weighted by molar-refractivity contribution is -0.144. The van der Waals surface area contributed by atoms with E-state index in [0.29, 0.717) is 26.2 Å². The molecule has 0 aromatic carbocycles. The molecule has 2 aromatic rings. The average Bonchev–Trinajstić information content (AvgIpc) is 2.64. The Bertz CT molecular complexity index is 804. The number of ether oxygens (including phenoxy) is 1. The Labute approximate surface area is 159 Å². The molecule has 0 bridgehead atoms. The fourth-order valence-corrected chi connectivity index (χ4v) is 2.88. The quantitative estimate of drug-likeness (QED) is 0.490. The van der Waals surface area contributed by atoms with Crippen LogP contribution in [0.25, 0.3) is 0 Å². The van der Waals surface area contributed by atoms with Gasteiger partial charge in [-0.25, -0.2) is 15.8 Å². The van der Waals surface area contributed by atoms with Crippen LogP contribution in [-0.4, -0.2) is 52.2 Å². The monoisotopic (exact) mass is 398 g/mol. The lowest BCUT2D eigenvalue weighted by Crippen LogP contribution is -2.49. The molecule has 12 heteroatoms. The van der Waals surface area contributed by atoms with Crippen molar-refractivity contribution >= 4 is 17.3 Å². The maximum atomic E-state index is 12.9. The summed E-state index contributed by atoms with van der Waals surface area (Å²) in [5.41, 5.74) is 11.9. The highest BCUT2D eigenvalue weighted by Gasteiger charge is 2.36. The number of nitrogen functional groups attached to an aromatic ring is 2. The molecule has 3 rings (SSSR count). The average molecular weight is 398 g/mol. The Balaban J connectivity index is 1.69. The molecule has 9 nitrogen and oxygen atoms in total. The van der Waals surface area contributed by atoms with Gasteiger partial charge in [-0.2, -0.15) is 13.2 Å². The molecule has 0 radical (unpaired) electrons. The first-order valence-electron chi connectivity index (χ1n) is 8.50. The number of aromatic nitrogens is 3. The summed E-state index contributed by atoms with van der Waals surface area (Å²) in [6.07, 6.45) is -3.40. The molecule has 0 saturated carbocycles. The predicted octanol–water partition coefficient (Wildman–Crippen LogP) is 0.636. The van der Waals surface area contributed by atoms with Crippen molar-refractivity contribution in [2.24, 2.45) is 5.84 Å². The van der Waals surface area contributed by atoms with Crippen molar-refractivity contribution < 1.29 is 17.9 Å². The second kappa shape index (κ2) is 8.12. The molecular weight excluding hydrogens is 377 g/mol. The number of hydrogen-bond donors (Lipinski definition) is 3. The number of alkyl halides is 3. The summed E-state index contributed by atoms with van der Waals surface area (Å²) in [4.78, 5) is 13.0. The Kier molecular flexibility index (Phi) is 5.82. The number of anilines is 3. The fraction of sp³-hybridized carbons (Fsp3) is 0.438. The largest absolute Gasteiger partial charge is 0.451 e. The van der Waals surface area contributed by atoms with E-state index in [0.717, 1.165) is 10.7 Å². The fourth-order valence-electron chi connectivity index (χ4n) is 2.88. The molecule has 0 spiro atoms. The highest BCUT2D eigenvalue weighted by molar-refractivity contribution is 5.73. The van der Waals surface area contributed by atoms with Crippen molar-refractivity contribution in [1.29, 1.82) is 0 Å². The van der Waals surface area contributed by atoms with E-state index < -0.39 is 17.8 Å². The minimum Gasteiger partial charge on any atom is -0.393 e. The van der Waals surface area contributed by atoms with Gasteiger partial charge >= 0.3 is 6.18 Å². The van der Waals surface area contributed by atoms with Crippen molar-refractivity contribution in [3.63, 3.8) is 0 Å². The molecule has 1 aliphatic rings. The molecule has 0 amide bonds. The van der Waals surface area contributed by atoms with Gasteiger partial charge in [0.25, 0.3) is 0 Å². The molecule has 28 heavy (non-hydrogen) atoms. The number of nitrogens with zero attached hydrogens (tertiary/aromatic N) is 5. The van der Waals surface area contributed by atoms with Crippen LogP contribution in [0.1, 0.15) is 11.5 Å². The van der Waals surface area contributed by atoms with E-state index in [1.807, 2.05) is 18.2 Å². The zero-order chi connectivity index (χ0) is 20.3. The second-order valence-electron chi connectivity index (χ2n) is 6.37. The number of pyridine rings is 1. The molecule has 0 aliphatic carbocycles. The maximum Gasteiger partial charge on any atom is 0.451 e. The van der Waals surface area contributed by atoms with Crippen molar-refractivity contribution in [3.8, 4) is 0 Å². The zero-order valence-electron chi connectivity index (χ0n) is 14.9. The minimum absolute atomic E-state index is 0.0800. The standard InChI is InChI=1S/C16H21F3N8O/c17-16(18,19)15-24-13(21)12(20)14(25-15)27(22)9-11-8-26(5-6-28-11)7-10-3-1-2-4-23-10/h1-4,11H,5-9,20,22H2,(H2,21,24,25). The summed E-state index contributed by atoms with van der Waals surface area (Å²) in [6.45, 7) is 2.40. The van der Waals surface area contributed by atoms with Crippen LogP contribution in [0.5, 0.6) is 0 Å². The molecule has 152 valence electrons. The van der Waals surface area contributed by atoms with Crippen LogP contribution in [0, 0.1) is 0 Å². The number of morpholine rings is 1. The molecule has 1 saturated heterocycles. The van der Waals surface area contributed by atoms with Crippen molar-refractivity contribution in [2.75, 3.05) is 42.7 Å². The summed E-state index contributed by atoms with van der Waals surface area (Å²) in [7, 11) is 0. The van der Waals surface area contributed by atoms with Gasteiger partial charge in [-0.1, -0.05) is 6.07 Å². The zero-order valence-corrected chi connectivity index (χ0v) is 14.9. The second-order valence-corrected chi connectivity index (χ2v) is 6.37. The van der Waals surface area contributed by atoms with E-state index in [1.165, 1.54) is 0 Å². The first-order valence-corrected chi connectivity index (χ1v) is 8.50. The van der Waals surface area contributed by atoms with Gasteiger partial charge in [-0.15, -0.1) is 0 Å². The van der Waals surface area contributed by atoms with E-state index in [1.54, 1.807) is 6.20 Å². The van der Waals surface area contributed by atoms with Crippen molar-refractivity contribution in [3.05, 3.63) is 35.9 Å². The summed E-state index contributed by atoms with van der Waals surface area (Å²) in [5.74, 6) is 3.77. The number of halogens is 3. The van der Waals surface area contributed by atoms with E-state index in [4.69, 9.17) is 22.0 Å². The van der Waals surface area contributed by atoms with Gasteiger partial charge in [0.1, 0.15) is 5.69 Å². The normalized spacial score (nSPS) is 18.2. The number of rotatable bonds is 5. The van der Waals surface area contributed by atoms with Gasteiger partial charge in [0, 0.05) is 25.8 Å². The third-order valence-electron chi connectivity index (χ3n) is 4.22. The number of hydrazine groups is 1. The molecule has 3 heterocycles. The van der Waals surface area contributed by atoms with Crippen molar-refractivity contribution in [2.45, 2.75) is 18.8 Å². The van der Waals surface area contributed by atoms with Crippen LogP contribution in [0.3, 0.4) is 0 Å². The Hall–Kier alpha value is -2.70. The van der Waals surface area contributed by atoms with Gasteiger partial charge in [0.05, 0.1) is 24.9 Å². The van der Waals surface area contributed by atoms with Gasteiger partial charge in [0.2, 0.25) is 5.82 Å². The SMILES string of the molecule is Nc1nc(C(F)(F)F)nc(N(N)CC2CN(Cc3ccccn3)CCO2)c1N. The van der Waals surface area contributed by atoms with E-state index in [-0.39, 0.29) is 24.2 Å². The lowest BCUT2D eigenvalue weighted by atomic mass is 10.2. The molecule has 6 N–H and O–H groups in total. The van der Waals surface area contributed by atoms with E-state index in [9.17, 15) is 13.2 Å². The summed E-state index contributed by atoms with van der Waals surface area (Å²) in [5, 5.41) is 1.01. The maximum absolute atomic E-state index is 12.9. The predicted molar refractivity (Wildman–Crippen MR) is 96.6 cm³/mol.